The summed E-state index contributed by atoms with van der Waals surface area (Å²) in [6.07, 6.45) is 0.598. The van der Waals surface area contributed by atoms with Crippen LogP contribution in [0, 0.1) is 22.7 Å². The third kappa shape index (κ3) is 2.45. The third-order valence-corrected chi connectivity index (χ3v) is 7.13. The smallest absolute Gasteiger partial charge is 0.211 e. The lowest BCUT2D eigenvalue weighted by Gasteiger charge is -2.33. The first kappa shape index (κ1) is 17.3. The van der Waals surface area contributed by atoms with Crippen molar-refractivity contribution >= 4 is 38.7 Å². The molecule has 0 spiro atoms. The number of benzene rings is 1. The van der Waals surface area contributed by atoms with Crippen molar-refractivity contribution < 1.29 is 4.79 Å². The molecule has 28 heavy (non-hydrogen) atoms. The number of thiophene rings is 1. The number of nitriles is 1. The van der Waals surface area contributed by atoms with E-state index in [1.807, 2.05) is 60.3 Å². The lowest BCUT2D eigenvalue weighted by atomic mass is 9.68. The van der Waals surface area contributed by atoms with Crippen LogP contribution < -0.4 is 0 Å². The van der Waals surface area contributed by atoms with E-state index in [1.165, 1.54) is 0 Å². The lowest BCUT2D eigenvalue weighted by Crippen LogP contribution is -2.37. The highest BCUT2D eigenvalue weighted by Crippen LogP contribution is 2.44. The topological polar surface area (TPSA) is 71.6 Å². The Morgan fingerprint density at radius 2 is 2.07 bits per heavy atom. The van der Waals surface area contributed by atoms with Crippen LogP contribution in [-0.2, 0) is 6.42 Å². The lowest BCUT2D eigenvalue weighted by molar-refractivity contribution is 0.0835. The van der Waals surface area contributed by atoms with Gasteiger partial charge in [0.05, 0.1) is 32.4 Å². The molecule has 1 unspecified atom stereocenters. The first-order valence-electron chi connectivity index (χ1n) is 8.95. The number of carbonyl (C=O) groups is 1. The van der Waals surface area contributed by atoms with E-state index in [0.29, 0.717) is 17.7 Å². The molecule has 3 heterocycles. The molecule has 5 nitrogen and oxygen atoms in total. The molecule has 0 aliphatic heterocycles. The number of rotatable bonds is 2. The van der Waals surface area contributed by atoms with Crippen molar-refractivity contribution in [3.05, 3.63) is 53.0 Å². The first-order chi connectivity index (χ1) is 13.5. The average molecular weight is 405 g/mol. The number of hydrogen-bond donors (Lipinski definition) is 0. The van der Waals surface area contributed by atoms with Crippen LogP contribution in [0.3, 0.4) is 0 Å². The Hall–Kier alpha value is -2.82. The Morgan fingerprint density at radius 3 is 2.79 bits per heavy atom. The van der Waals surface area contributed by atoms with Gasteiger partial charge in [0.15, 0.2) is 5.78 Å². The van der Waals surface area contributed by atoms with Crippen LogP contribution in [0.5, 0.6) is 0 Å². The molecule has 5 rings (SSSR count). The quantitative estimate of drug-likeness (QED) is 0.465. The summed E-state index contributed by atoms with van der Waals surface area (Å²) in [4.78, 5) is 19.0. The van der Waals surface area contributed by atoms with Gasteiger partial charge in [-0.05, 0) is 35.4 Å². The number of fused-ring (bicyclic) bond motifs is 2. The van der Waals surface area contributed by atoms with E-state index >= 15 is 0 Å². The molecule has 0 saturated heterocycles. The normalized spacial score (nSPS) is 18.2. The zero-order valence-electron chi connectivity index (χ0n) is 15.3. The number of para-hydroxylation sites is 1. The molecular weight excluding hydrogens is 388 g/mol. The van der Waals surface area contributed by atoms with Gasteiger partial charge in [-0.25, -0.2) is 9.67 Å². The molecule has 138 valence electrons. The second kappa shape index (κ2) is 6.09. The third-order valence-electron chi connectivity index (χ3n) is 5.24. The van der Waals surface area contributed by atoms with Gasteiger partial charge in [-0.1, -0.05) is 43.4 Å². The van der Waals surface area contributed by atoms with Crippen LogP contribution in [0.2, 0.25) is 0 Å². The molecule has 1 aromatic carbocycles. The Labute approximate surface area is 169 Å². The fourth-order valence-electron chi connectivity index (χ4n) is 3.84. The summed E-state index contributed by atoms with van der Waals surface area (Å²) in [6.45, 7) is 3.95. The monoisotopic (exact) mass is 404 g/mol. The van der Waals surface area contributed by atoms with Crippen molar-refractivity contribution in [3.63, 3.8) is 0 Å². The molecule has 0 amide bonds. The van der Waals surface area contributed by atoms with Crippen molar-refractivity contribution in [3.8, 4) is 21.8 Å². The summed E-state index contributed by atoms with van der Waals surface area (Å²) >= 11 is 3.10. The van der Waals surface area contributed by atoms with Gasteiger partial charge in [-0.3, -0.25) is 4.79 Å². The number of hydrogen-bond acceptors (Lipinski definition) is 6. The minimum absolute atomic E-state index is 0.135. The maximum Gasteiger partial charge on any atom is 0.211 e. The van der Waals surface area contributed by atoms with E-state index in [4.69, 9.17) is 10.1 Å². The molecule has 1 atom stereocenters. The highest BCUT2D eigenvalue weighted by molar-refractivity contribution is 7.20. The predicted molar refractivity (Wildman–Crippen MR) is 111 cm³/mol. The van der Waals surface area contributed by atoms with E-state index in [-0.39, 0.29) is 5.78 Å². The minimum atomic E-state index is -0.674. The van der Waals surface area contributed by atoms with Crippen LogP contribution in [0.25, 0.3) is 25.9 Å². The maximum atomic E-state index is 13.3. The van der Waals surface area contributed by atoms with Crippen LogP contribution in [0.15, 0.2) is 41.8 Å². The number of nitrogens with zero attached hydrogens (tertiary/aromatic N) is 4. The van der Waals surface area contributed by atoms with Crippen LogP contribution in [0.4, 0.5) is 0 Å². The van der Waals surface area contributed by atoms with E-state index in [9.17, 15) is 10.1 Å². The fourth-order valence-corrected chi connectivity index (χ4v) is 5.49. The summed E-state index contributed by atoms with van der Waals surface area (Å²) in [5.41, 5.74) is 2.54. The van der Waals surface area contributed by atoms with E-state index in [2.05, 4.69) is 6.07 Å². The highest BCUT2D eigenvalue weighted by Gasteiger charge is 2.45. The van der Waals surface area contributed by atoms with E-state index in [1.54, 1.807) is 22.7 Å². The maximum absolute atomic E-state index is 13.3. The molecule has 0 radical (unpaired) electrons. The van der Waals surface area contributed by atoms with Crippen LogP contribution in [0.1, 0.15) is 29.9 Å². The van der Waals surface area contributed by atoms with E-state index < -0.39 is 11.3 Å². The Bertz CT molecular complexity index is 1220. The number of aromatic nitrogens is 3. The fraction of sp³-hybridized carbons (Fsp3) is 0.238. The summed E-state index contributed by atoms with van der Waals surface area (Å²) in [5.74, 6) is -0.809. The standard InChI is InChI=1S/C21H16N4OS2/c1-21(2)10-14-17(19(26)12(21)11-22)18(16-8-5-9-27-16)24-25(14)20-23-13-6-3-4-7-15(13)28-20/h3-9,12H,10H2,1-2H3. The van der Waals surface area contributed by atoms with Gasteiger partial charge in [0, 0.05) is 0 Å². The Balaban J connectivity index is 1.79. The number of thiazole rings is 1. The van der Waals surface area contributed by atoms with Crippen molar-refractivity contribution in [2.24, 2.45) is 11.3 Å². The molecule has 0 N–H and O–H groups in total. The van der Waals surface area contributed by atoms with Crippen molar-refractivity contribution in [1.82, 2.24) is 14.8 Å². The number of Topliss-reactive ketones (excluding diaryl/α,β-unsaturated/α-hetero) is 1. The number of ketones is 1. The van der Waals surface area contributed by atoms with Gasteiger partial charge in [0.2, 0.25) is 5.13 Å². The van der Waals surface area contributed by atoms with Gasteiger partial charge >= 0.3 is 0 Å². The molecule has 1 aliphatic carbocycles. The molecule has 0 fully saturated rings. The minimum Gasteiger partial charge on any atom is -0.293 e. The van der Waals surface area contributed by atoms with Gasteiger partial charge in [0.25, 0.3) is 0 Å². The van der Waals surface area contributed by atoms with E-state index in [0.717, 1.165) is 25.9 Å². The summed E-state index contributed by atoms with van der Waals surface area (Å²) in [6, 6.07) is 14.1. The molecule has 7 heteroatoms. The summed E-state index contributed by atoms with van der Waals surface area (Å²) in [5, 5.41) is 17.2. The Morgan fingerprint density at radius 1 is 1.25 bits per heavy atom. The van der Waals surface area contributed by atoms with Gasteiger partial charge in [-0.15, -0.1) is 11.3 Å². The SMILES string of the molecule is CC1(C)Cc2c(c(-c3cccs3)nn2-c2nc3ccccc3s2)C(=O)C1C#N. The second-order valence-corrected chi connectivity index (χ2v) is 9.57. The van der Waals surface area contributed by atoms with Crippen molar-refractivity contribution in [2.75, 3.05) is 0 Å². The van der Waals surface area contributed by atoms with Gasteiger partial charge in [-0.2, -0.15) is 10.4 Å². The molecule has 4 aromatic rings. The van der Waals surface area contributed by atoms with Gasteiger partial charge in [0.1, 0.15) is 11.6 Å². The molecule has 0 saturated carbocycles. The highest BCUT2D eigenvalue weighted by atomic mass is 32.1. The zero-order valence-corrected chi connectivity index (χ0v) is 17.0. The predicted octanol–water partition coefficient (Wildman–Crippen LogP) is 5.12. The van der Waals surface area contributed by atoms with Gasteiger partial charge < -0.3 is 0 Å². The molecule has 1 aliphatic rings. The largest absolute Gasteiger partial charge is 0.293 e. The van der Waals surface area contributed by atoms with Crippen LogP contribution >= 0.6 is 22.7 Å². The second-order valence-electron chi connectivity index (χ2n) is 7.62. The average Bonchev–Trinajstić information content (AvgIpc) is 3.38. The zero-order chi connectivity index (χ0) is 19.5. The van der Waals surface area contributed by atoms with Crippen LogP contribution in [-0.4, -0.2) is 20.5 Å². The summed E-state index contributed by atoms with van der Waals surface area (Å²) in [7, 11) is 0. The molecule has 3 aromatic heterocycles. The first-order valence-corrected chi connectivity index (χ1v) is 10.6. The van der Waals surface area contributed by atoms with Crippen molar-refractivity contribution in [1.29, 1.82) is 5.26 Å². The molecule has 0 bridgehead atoms. The summed E-state index contributed by atoms with van der Waals surface area (Å²) < 4.78 is 2.90. The van der Waals surface area contributed by atoms with Crippen molar-refractivity contribution in [2.45, 2.75) is 20.3 Å². The Kier molecular flexibility index (Phi) is 3.76. The number of carbonyl (C=O) groups excluding carboxylic acids is 1. The molecular formula is C21H16N4OS2.